The Kier molecular flexibility index (Phi) is 4.80. The average Bonchev–Trinajstić information content (AvgIpc) is 2.27. The Balaban J connectivity index is 2.87. The van der Waals surface area contributed by atoms with Crippen molar-refractivity contribution >= 4 is 33.0 Å². The number of sulfone groups is 1. The number of amides is 1. The van der Waals surface area contributed by atoms with Gasteiger partial charge in [0.2, 0.25) is 5.91 Å². The van der Waals surface area contributed by atoms with Crippen LogP contribution in [0.15, 0.2) is 24.3 Å². The molecule has 7 heteroatoms. The van der Waals surface area contributed by atoms with Crippen molar-refractivity contribution in [1.29, 1.82) is 0 Å². The second-order valence-electron chi connectivity index (χ2n) is 3.77. The van der Waals surface area contributed by atoms with E-state index in [9.17, 15) is 13.2 Å². The summed E-state index contributed by atoms with van der Waals surface area (Å²) in [5, 5.41) is 2.28. The molecule has 98 valence electrons. The van der Waals surface area contributed by atoms with Gasteiger partial charge in [0.1, 0.15) is 10.7 Å². The molecule has 1 rings (SSSR count). The number of hydrogen-bond acceptors (Lipinski definition) is 4. The Hall–Kier alpha value is -1.47. The summed E-state index contributed by atoms with van der Waals surface area (Å²) in [6, 6.07) is 6.66. The van der Waals surface area contributed by atoms with Crippen molar-refractivity contribution in [2.45, 2.75) is 5.75 Å². The van der Waals surface area contributed by atoms with E-state index in [0.29, 0.717) is 11.1 Å². The largest absolute Gasteiger partial charge is 0.389 e. The van der Waals surface area contributed by atoms with Crippen molar-refractivity contribution in [3.8, 4) is 0 Å². The standard InChI is InChI=1S/C11H14N2O3S2/c1-13-10(14)7-18(15,16)6-8-3-2-4-9(5-8)11(12)17/h2-5H,6-7H2,1H3,(H2,12,17)(H,13,14). The van der Waals surface area contributed by atoms with E-state index in [-0.39, 0.29) is 10.7 Å². The van der Waals surface area contributed by atoms with Crippen LogP contribution >= 0.6 is 12.2 Å². The van der Waals surface area contributed by atoms with Gasteiger partial charge < -0.3 is 11.1 Å². The van der Waals surface area contributed by atoms with Crippen LogP contribution in [0.5, 0.6) is 0 Å². The molecule has 1 amide bonds. The fourth-order valence-corrected chi connectivity index (χ4v) is 2.85. The van der Waals surface area contributed by atoms with Gasteiger partial charge in [0.25, 0.3) is 0 Å². The lowest BCUT2D eigenvalue weighted by molar-refractivity contribution is -0.118. The lowest BCUT2D eigenvalue weighted by atomic mass is 10.1. The van der Waals surface area contributed by atoms with Crippen molar-refractivity contribution in [3.05, 3.63) is 35.4 Å². The van der Waals surface area contributed by atoms with E-state index in [0.717, 1.165) is 0 Å². The third-order valence-corrected chi connectivity index (χ3v) is 3.94. The van der Waals surface area contributed by atoms with E-state index in [1.807, 2.05) is 0 Å². The number of benzene rings is 1. The molecular weight excluding hydrogens is 272 g/mol. The normalized spacial score (nSPS) is 10.9. The molecule has 0 aliphatic heterocycles. The Labute approximate surface area is 111 Å². The Morgan fingerprint density at radius 1 is 1.44 bits per heavy atom. The first kappa shape index (κ1) is 14.6. The van der Waals surface area contributed by atoms with Crippen LogP contribution in [0.1, 0.15) is 11.1 Å². The van der Waals surface area contributed by atoms with Crippen molar-refractivity contribution < 1.29 is 13.2 Å². The summed E-state index contributed by atoms with van der Waals surface area (Å²) in [5.41, 5.74) is 6.63. The van der Waals surface area contributed by atoms with E-state index in [4.69, 9.17) is 18.0 Å². The Morgan fingerprint density at radius 3 is 2.67 bits per heavy atom. The van der Waals surface area contributed by atoms with E-state index in [1.54, 1.807) is 24.3 Å². The second-order valence-corrected chi connectivity index (χ2v) is 6.27. The van der Waals surface area contributed by atoms with Gasteiger partial charge in [-0.25, -0.2) is 8.42 Å². The molecule has 1 aromatic carbocycles. The maximum absolute atomic E-state index is 11.7. The third-order valence-electron chi connectivity index (χ3n) is 2.23. The first-order valence-electron chi connectivity index (χ1n) is 5.14. The van der Waals surface area contributed by atoms with Crippen LogP contribution in [0.2, 0.25) is 0 Å². The summed E-state index contributed by atoms with van der Waals surface area (Å²) < 4.78 is 23.5. The molecule has 0 aliphatic carbocycles. The third kappa shape index (κ3) is 4.42. The fraction of sp³-hybridized carbons (Fsp3) is 0.273. The number of thiocarbonyl (C=S) groups is 1. The van der Waals surface area contributed by atoms with Crippen LogP contribution in [0, 0.1) is 0 Å². The van der Waals surface area contributed by atoms with Gasteiger partial charge in [-0.2, -0.15) is 0 Å². The van der Waals surface area contributed by atoms with Gasteiger partial charge >= 0.3 is 0 Å². The first-order valence-corrected chi connectivity index (χ1v) is 7.37. The van der Waals surface area contributed by atoms with E-state index in [2.05, 4.69) is 5.32 Å². The molecule has 18 heavy (non-hydrogen) atoms. The minimum Gasteiger partial charge on any atom is -0.389 e. The predicted molar refractivity (Wildman–Crippen MR) is 73.9 cm³/mol. The maximum atomic E-state index is 11.7. The first-order chi connectivity index (χ1) is 8.34. The molecule has 3 N–H and O–H groups in total. The molecule has 0 aromatic heterocycles. The highest BCUT2D eigenvalue weighted by Crippen LogP contribution is 2.10. The van der Waals surface area contributed by atoms with Gasteiger partial charge in [-0.15, -0.1) is 0 Å². The van der Waals surface area contributed by atoms with Gasteiger partial charge in [0, 0.05) is 12.6 Å². The van der Waals surface area contributed by atoms with Crippen LogP contribution in [0.25, 0.3) is 0 Å². The Bertz CT molecular complexity index is 567. The van der Waals surface area contributed by atoms with Crippen LogP contribution < -0.4 is 11.1 Å². The predicted octanol–water partition coefficient (Wildman–Crippen LogP) is -0.0184. The molecule has 0 radical (unpaired) electrons. The lowest BCUT2D eigenvalue weighted by Crippen LogP contribution is -2.27. The highest BCUT2D eigenvalue weighted by molar-refractivity contribution is 7.91. The molecule has 0 fully saturated rings. The molecule has 0 aliphatic rings. The van der Waals surface area contributed by atoms with Crippen molar-refractivity contribution in [2.24, 2.45) is 5.73 Å². The average molecular weight is 286 g/mol. The molecule has 0 saturated heterocycles. The number of nitrogens with one attached hydrogen (secondary N) is 1. The molecule has 0 heterocycles. The highest BCUT2D eigenvalue weighted by atomic mass is 32.2. The SMILES string of the molecule is CNC(=O)CS(=O)(=O)Cc1cccc(C(N)=S)c1. The molecule has 5 nitrogen and oxygen atoms in total. The minimum absolute atomic E-state index is 0.209. The molecule has 1 aromatic rings. The van der Waals surface area contributed by atoms with E-state index >= 15 is 0 Å². The van der Waals surface area contributed by atoms with Crippen LogP contribution in [-0.2, 0) is 20.4 Å². The van der Waals surface area contributed by atoms with Crippen LogP contribution in [0.4, 0.5) is 0 Å². The fourth-order valence-electron chi connectivity index (χ4n) is 1.39. The lowest BCUT2D eigenvalue weighted by Gasteiger charge is -2.05. The second kappa shape index (κ2) is 5.92. The molecule has 0 spiro atoms. The summed E-state index contributed by atoms with van der Waals surface area (Å²) in [7, 11) is -2.09. The number of nitrogens with two attached hydrogens (primary N) is 1. The Morgan fingerprint density at radius 2 is 2.11 bits per heavy atom. The zero-order chi connectivity index (χ0) is 13.8. The molecule has 0 saturated carbocycles. The summed E-state index contributed by atoms with van der Waals surface area (Å²) in [6.45, 7) is 0. The van der Waals surface area contributed by atoms with Crippen LogP contribution in [0.3, 0.4) is 0 Å². The number of carbonyl (C=O) groups excluding carboxylic acids is 1. The summed E-state index contributed by atoms with van der Waals surface area (Å²) in [5.74, 6) is -1.27. The van der Waals surface area contributed by atoms with E-state index < -0.39 is 21.5 Å². The number of carbonyl (C=O) groups is 1. The molecule has 0 bridgehead atoms. The highest BCUT2D eigenvalue weighted by Gasteiger charge is 2.16. The van der Waals surface area contributed by atoms with E-state index in [1.165, 1.54) is 7.05 Å². The topological polar surface area (TPSA) is 89.3 Å². The van der Waals surface area contributed by atoms with Crippen molar-refractivity contribution in [3.63, 3.8) is 0 Å². The summed E-state index contributed by atoms with van der Waals surface area (Å²) in [4.78, 5) is 11.3. The molecule has 0 unspecified atom stereocenters. The van der Waals surface area contributed by atoms with Crippen LogP contribution in [-0.4, -0.2) is 32.1 Å². The molecular formula is C11H14N2O3S2. The summed E-state index contributed by atoms with van der Waals surface area (Å²) >= 11 is 4.82. The van der Waals surface area contributed by atoms with Gasteiger partial charge in [0.15, 0.2) is 9.84 Å². The number of rotatable bonds is 5. The maximum Gasteiger partial charge on any atom is 0.234 e. The smallest absolute Gasteiger partial charge is 0.234 e. The number of hydrogen-bond donors (Lipinski definition) is 2. The van der Waals surface area contributed by atoms with Crippen molar-refractivity contribution in [1.82, 2.24) is 5.32 Å². The van der Waals surface area contributed by atoms with Gasteiger partial charge in [-0.3, -0.25) is 4.79 Å². The van der Waals surface area contributed by atoms with Gasteiger partial charge in [-0.1, -0.05) is 30.4 Å². The molecule has 0 atom stereocenters. The van der Waals surface area contributed by atoms with Gasteiger partial charge in [0.05, 0.1) is 5.75 Å². The van der Waals surface area contributed by atoms with Crippen molar-refractivity contribution in [2.75, 3.05) is 12.8 Å². The zero-order valence-electron chi connectivity index (χ0n) is 9.84. The zero-order valence-corrected chi connectivity index (χ0v) is 11.5. The quantitative estimate of drug-likeness (QED) is 0.743. The monoisotopic (exact) mass is 286 g/mol. The minimum atomic E-state index is -3.48. The summed E-state index contributed by atoms with van der Waals surface area (Å²) in [6.07, 6.45) is 0. The van der Waals surface area contributed by atoms with Gasteiger partial charge in [-0.05, 0) is 11.6 Å².